The van der Waals surface area contributed by atoms with Crippen molar-refractivity contribution >= 4 is 0 Å². The van der Waals surface area contributed by atoms with Gasteiger partial charge >= 0.3 is 0 Å². The third-order valence-electron chi connectivity index (χ3n) is 3.09. The molecule has 0 aliphatic carbocycles. The number of rotatable bonds is 3. The molecule has 0 fully saturated rings. The molecule has 2 nitrogen and oxygen atoms in total. The Hall–Kier alpha value is -2.48. The van der Waals surface area contributed by atoms with Gasteiger partial charge < -0.3 is 9.15 Å². The van der Waals surface area contributed by atoms with Gasteiger partial charge in [-0.3, -0.25) is 0 Å². The van der Waals surface area contributed by atoms with Crippen LogP contribution in [0.5, 0.6) is 5.75 Å². The largest absolute Gasteiger partial charge is 0.496 e. The Morgan fingerprint density at radius 3 is 2.47 bits per heavy atom. The maximum Gasteiger partial charge on any atom is 0.133 e. The number of para-hydroxylation sites is 1. The minimum atomic E-state index is 0.872. The van der Waals surface area contributed by atoms with E-state index in [4.69, 9.17) is 9.15 Å². The predicted octanol–water partition coefficient (Wildman–Crippen LogP) is 4.62. The van der Waals surface area contributed by atoms with Crippen LogP contribution in [0, 0.1) is 0 Å². The summed E-state index contributed by atoms with van der Waals surface area (Å²) >= 11 is 0. The molecular weight excluding hydrogens is 236 g/mol. The Labute approximate surface area is 112 Å². The van der Waals surface area contributed by atoms with Gasteiger partial charge in [0.25, 0.3) is 0 Å². The Bertz CT molecular complexity index is 669. The molecule has 0 spiro atoms. The molecule has 0 aliphatic rings. The van der Waals surface area contributed by atoms with Crippen molar-refractivity contribution in [3.63, 3.8) is 0 Å². The van der Waals surface area contributed by atoms with Crippen molar-refractivity contribution in [3.8, 4) is 28.2 Å². The molecule has 94 valence electrons. The summed E-state index contributed by atoms with van der Waals surface area (Å²) in [5.74, 6) is 1.75. The molecular formula is C17H14O2. The third-order valence-corrected chi connectivity index (χ3v) is 3.09. The molecule has 0 bridgehead atoms. The highest BCUT2D eigenvalue weighted by Crippen LogP contribution is 2.32. The van der Waals surface area contributed by atoms with E-state index in [-0.39, 0.29) is 0 Å². The van der Waals surface area contributed by atoms with E-state index in [9.17, 15) is 0 Å². The van der Waals surface area contributed by atoms with Gasteiger partial charge in [0.05, 0.1) is 13.4 Å². The zero-order chi connectivity index (χ0) is 13.1. The molecule has 0 saturated carbocycles. The number of benzene rings is 2. The second kappa shape index (κ2) is 5.02. The lowest BCUT2D eigenvalue weighted by Crippen LogP contribution is -1.87. The fraction of sp³-hybridized carbons (Fsp3) is 0.0588. The summed E-state index contributed by atoms with van der Waals surface area (Å²) in [7, 11) is 1.69. The van der Waals surface area contributed by atoms with Crippen molar-refractivity contribution in [3.05, 3.63) is 66.9 Å². The van der Waals surface area contributed by atoms with Gasteiger partial charge in [0.1, 0.15) is 11.5 Å². The van der Waals surface area contributed by atoms with Crippen molar-refractivity contribution in [1.29, 1.82) is 0 Å². The van der Waals surface area contributed by atoms with E-state index in [2.05, 4.69) is 18.2 Å². The molecule has 3 rings (SSSR count). The van der Waals surface area contributed by atoms with Gasteiger partial charge in [-0.05, 0) is 29.8 Å². The van der Waals surface area contributed by atoms with Crippen LogP contribution in [0.2, 0.25) is 0 Å². The molecule has 0 saturated heterocycles. The van der Waals surface area contributed by atoms with Gasteiger partial charge in [0.15, 0.2) is 0 Å². The van der Waals surface area contributed by atoms with Crippen LogP contribution < -0.4 is 4.74 Å². The van der Waals surface area contributed by atoms with E-state index in [1.54, 1.807) is 13.4 Å². The standard InChI is InChI=1S/C17H14O2/c1-18-17-9-3-2-8-15(17)13-6-4-7-14(12-13)16-10-5-11-19-16/h2-12H,1H3. The smallest absolute Gasteiger partial charge is 0.133 e. The van der Waals surface area contributed by atoms with E-state index >= 15 is 0 Å². The SMILES string of the molecule is COc1ccccc1-c1cccc(-c2ccco2)c1. The molecule has 3 aromatic rings. The maximum atomic E-state index is 5.44. The lowest BCUT2D eigenvalue weighted by Gasteiger charge is -2.09. The Balaban J connectivity index is 2.09. The van der Waals surface area contributed by atoms with Crippen LogP contribution in [0.25, 0.3) is 22.5 Å². The van der Waals surface area contributed by atoms with Crippen LogP contribution in [0.1, 0.15) is 0 Å². The Morgan fingerprint density at radius 2 is 1.68 bits per heavy atom. The summed E-state index contributed by atoms with van der Waals surface area (Å²) in [6.07, 6.45) is 1.69. The van der Waals surface area contributed by atoms with E-state index in [1.807, 2.05) is 42.5 Å². The van der Waals surface area contributed by atoms with Crippen molar-refractivity contribution in [1.82, 2.24) is 0 Å². The predicted molar refractivity (Wildman–Crippen MR) is 76.1 cm³/mol. The summed E-state index contributed by atoms with van der Waals surface area (Å²) < 4.78 is 10.8. The number of furan rings is 1. The first-order chi connectivity index (χ1) is 9.38. The number of hydrogen-bond acceptors (Lipinski definition) is 2. The first kappa shape index (κ1) is 11.6. The lowest BCUT2D eigenvalue weighted by atomic mass is 10.0. The van der Waals surface area contributed by atoms with E-state index in [0.29, 0.717) is 0 Å². The second-order valence-electron chi connectivity index (χ2n) is 4.26. The van der Waals surface area contributed by atoms with Crippen LogP contribution in [0.4, 0.5) is 0 Å². The monoisotopic (exact) mass is 250 g/mol. The van der Waals surface area contributed by atoms with Crippen LogP contribution in [-0.2, 0) is 0 Å². The van der Waals surface area contributed by atoms with Gasteiger partial charge in [-0.1, -0.05) is 36.4 Å². The van der Waals surface area contributed by atoms with E-state index in [1.165, 1.54) is 0 Å². The average Bonchev–Trinajstić information content (AvgIpc) is 3.01. The Morgan fingerprint density at radius 1 is 0.842 bits per heavy atom. The molecule has 0 atom stereocenters. The van der Waals surface area contributed by atoms with Gasteiger partial charge in [-0.2, -0.15) is 0 Å². The first-order valence-corrected chi connectivity index (χ1v) is 6.16. The highest BCUT2D eigenvalue weighted by Gasteiger charge is 2.07. The third kappa shape index (κ3) is 2.25. The highest BCUT2D eigenvalue weighted by molar-refractivity contribution is 5.74. The molecule has 0 amide bonds. The second-order valence-corrected chi connectivity index (χ2v) is 4.26. The van der Waals surface area contributed by atoms with Crippen molar-refractivity contribution < 1.29 is 9.15 Å². The van der Waals surface area contributed by atoms with Crippen molar-refractivity contribution in [2.75, 3.05) is 7.11 Å². The van der Waals surface area contributed by atoms with E-state index in [0.717, 1.165) is 28.2 Å². The molecule has 1 heterocycles. The van der Waals surface area contributed by atoms with Gasteiger partial charge in [-0.25, -0.2) is 0 Å². The lowest BCUT2D eigenvalue weighted by molar-refractivity contribution is 0.416. The quantitative estimate of drug-likeness (QED) is 0.676. The maximum absolute atomic E-state index is 5.44. The molecule has 1 aromatic heterocycles. The summed E-state index contributed by atoms with van der Waals surface area (Å²) in [5.41, 5.74) is 3.26. The van der Waals surface area contributed by atoms with Crippen LogP contribution in [0.3, 0.4) is 0 Å². The van der Waals surface area contributed by atoms with Gasteiger partial charge in [0.2, 0.25) is 0 Å². The minimum absolute atomic E-state index is 0.872. The van der Waals surface area contributed by atoms with Crippen LogP contribution in [-0.4, -0.2) is 7.11 Å². The van der Waals surface area contributed by atoms with Crippen molar-refractivity contribution in [2.24, 2.45) is 0 Å². The van der Waals surface area contributed by atoms with Gasteiger partial charge in [0, 0.05) is 11.1 Å². The summed E-state index contributed by atoms with van der Waals surface area (Å²) in [5, 5.41) is 0. The molecule has 0 N–H and O–H groups in total. The molecule has 0 radical (unpaired) electrons. The summed E-state index contributed by atoms with van der Waals surface area (Å²) in [4.78, 5) is 0. The Kier molecular flexibility index (Phi) is 3.07. The fourth-order valence-electron chi connectivity index (χ4n) is 2.17. The molecule has 2 heteroatoms. The minimum Gasteiger partial charge on any atom is -0.496 e. The molecule has 0 unspecified atom stereocenters. The number of methoxy groups -OCH3 is 1. The fourth-order valence-corrected chi connectivity index (χ4v) is 2.17. The summed E-state index contributed by atoms with van der Waals surface area (Å²) in [6, 6.07) is 20.1. The van der Waals surface area contributed by atoms with Crippen LogP contribution in [0.15, 0.2) is 71.3 Å². The highest BCUT2D eigenvalue weighted by atomic mass is 16.5. The van der Waals surface area contributed by atoms with Crippen molar-refractivity contribution in [2.45, 2.75) is 0 Å². The topological polar surface area (TPSA) is 22.4 Å². The zero-order valence-corrected chi connectivity index (χ0v) is 10.7. The normalized spacial score (nSPS) is 10.4. The average molecular weight is 250 g/mol. The molecule has 19 heavy (non-hydrogen) atoms. The number of hydrogen-bond donors (Lipinski definition) is 0. The van der Waals surface area contributed by atoms with Gasteiger partial charge in [-0.15, -0.1) is 0 Å². The molecule has 0 aliphatic heterocycles. The zero-order valence-electron chi connectivity index (χ0n) is 10.7. The summed E-state index contributed by atoms with van der Waals surface area (Å²) in [6.45, 7) is 0. The molecule has 2 aromatic carbocycles. The van der Waals surface area contributed by atoms with E-state index < -0.39 is 0 Å². The first-order valence-electron chi connectivity index (χ1n) is 6.16. The van der Waals surface area contributed by atoms with Crippen LogP contribution >= 0.6 is 0 Å². The number of ether oxygens (including phenoxy) is 1.